The van der Waals surface area contributed by atoms with Gasteiger partial charge in [-0.2, -0.15) is 0 Å². The maximum atomic E-state index is 4.31. The Balaban J connectivity index is 0.000000637. The smallest absolute Gasteiger partial charge is 0.0892 e. The molecule has 0 unspecified atom stereocenters. The van der Waals surface area contributed by atoms with E-state index in [0.29, 0.717) is 0 Å². The first-order valence-corrected chi connectivity index (χ1v) is 6.47. The Bertz CT molecular complexity index is 677. The predicted molar refractivity (Wildman–Crippen MR) is 78.9 cm³/mol. The lowest BCUT2D eigenvalue weighted by Crippen LogP contribution is -1.88. The average molecular weight is 251 g/mol. The minimum Gasteiger partial charge on any atom is -0.261 e. The van der Waals surface area contributed by atoms with Gasteiger partial charge in [0, 0.05) is 29.8 Å². The molecule has 1 aromatic carbocycles. The number of fused-ring (bicyclic) bond motifs is 1. The molecule has 0 aliphatic rings. The third-order valence-corrected chi connectivity index (χ3v) is 2.79. The number of aryl methyl sites for hydroxylation is 1. The van der Waals surface area contributed by atoms with Crippen molar-refractivity contribution < 1.29 is 0 Å². The Kier molecular flexibility index (Phi) is 4.18. The van der Waals surface area contributed by atoms with E-state index in [9.17, 15) is 0 Å². The van der Waals surface area contributed by atoms with E-state index < -0.39 is 0 Å². The Hall–Kier alpha value is -2.29. The molecular weight excluding hydrogens is 234 g/mol. The molecule has 0 spiro atoms. The van der Waals surface area contributed by atoms with Gasteiger partial charge in [0.25, 0.3) is 0 Å². The van der Waals surface area contributed by atoms with Crippen LogP contribution in [-0.2, 0) is 0 Å². The fourth-order valence-electron chi connectivity index (χ4n) is 1.92. The van der Waals surface area contributed by atoms with Crippen molar-refractivity contribution >= 4 is 11.0 Å². The monoisotopic (exact) mass is 251 g/mol. The predicted octanol–water partition coefficient (Wildman–Crippen LogP) is 4.03. The molecule has 0 radical (unpaired) electrons. The summed E-state index contributed by atoms with van der Waals surface area (Å²) in [6, 6.07) is 10.1. The summed E-state index contributed by atoms with van der Waals surface area (Å²) >= 11 is 0. The molecule has 0 bridgehead atoms. The zero-order valence-corrected chi connectivity index (χ0v) is 11.5. The number of aromatic nitrogens is 3. The highest BCUT2D eigenvalue weighted by atomic mass is 14.8. The molecule has 0 saturated carbocycles. The van der Waals surface area contributed by atoms with Gasteiger partial charge in [-0.25, -0.2) is 0 Å². The molecule has 2 heterocycles. The quantitative estimate of drug-likeness (QED) is 0.655. The van der Waals surface area contributed by atoms with Crippen LogP contribution in [0.25, 0.3) is 22.2 Å². The number of pyridine rings is 1. The molecule has 0 N–H and O–H groups in total. The second-order valence-corrected chi connectivity index (χ2v) is 3.90. The van der Waals surface area contributed by atoms with Crippen molar-refractivity contribution in [1.29, 1.82) is 0 Å². The molecule has 0 saturated heterocycles. The highest BCUT2D eigenvalue weighted by Gasteiger charge is 2.03. The number of nitrogens with zero attached hydrogens (tertiary/aromatic N) is 3. The summed E-state index contributed by atoms with van der Waals surface area (Å²) in [5.74, 6) is 0. The van der Waals surface area contributed by atoms with Crippen LogP contribution in [-0.4, -0.2) is 15.0 Å². The number of hydrogen-bond acceptors (Lipinski definition) is 3. The lowest BCUT2D eigenvalue weighted by atomic mass is 10.0. The van der Waals surface area contributed by atoms with Crippen molar-refractivity contribution in [3.05, 3.63) is 54.6 Å². The molecule has 0 fully saturated rings. The summed E-state index contributed by atoms with van der Waals surface area (Å²) < 4.78 is 0. The molecule has 3 heteroatoms. The second-order valence-electron chi connectivity index (χ2n) is 3.90. The van der Waals surface area contributed by atoms with Crippen LogP contribution in [0.4, 0.5) is 0 Å². The van der Waals surface area contributed by atoms with Crippen molar-refractivity contribution in [1.82, 2.24) is 15.0 Å². The van der Waals surface area contributed by atoms with E-state index in [1.807, 2.05) is 39.0 Å². The molecule has 3 rings (SSSR count). The Labute approximate surface area is 113 Å². The molecule has 96 valence electrons. The Morgan fingerprint density at radius 2 is 1.53 bits per heavy atom. The van der Waals surface area contributed by atoms with Crippen molar-refractivity contribution in [3.8, 4) is 11.1 Å². The van der Waals surface area contributed by atoms with Gasteiger partial charge in [0.1, 0.15) is 0 Å². The summed E-state index contributed by atoms with van der Waals surface area (Å²) in [6.07, 6.45) is 5.22. The zero-order chi connectivity index (χ0) is 13.7. The average Bonchev–Trinajstić information content (AvgIpc) is 2.49. The highest BCUT2D eigenvalue weighted by Crippen LogP contribution is 2.24. The minimum absolute atomic E-state index is 0.910. The van der Waals surface area contributed by atoms with Gasteiger partial charge in [-0.3, -0.25) is 15.0 Å². The van der Waals surface area contributed by atoms with E-state index in [2.05, 4.69) is 27.1 Å². The first-order valence-electron chi connectivity index (χ1n) is 6.47. The molecule has 0 atom stereocenters. The maximum Gasteiger partial charge on any atom is 0.0892 e. The van der Waals surface area contributed by atoms with Gasteiger partial charge in [0.2, 0.25) is 0 Å². The first-order chi connectivity index (χ1) is 9.34. The normalized spacial score (nSPS) is 9.84. The summed E-state index contributed by atoms with van der Waals surface area (Å²) in [4.78, 5) is 12.9. The summed E-state index contributed by atoms with van der Waals surface area (Å²) in [5.41, 5.74) is 5.12. The summed E-state index contributed by atoms with van der Waals surface area (Å²) in [6.45, 7) is 6.01. The van der Waals surface area contributed by atoms with Crippen LogP contribution in [0.15, 0.2) is 48.9 Å². The lowest BCUT2D eigenvalue weighted by molar-refractivity contribution is 1.20. The summed E-state index contributed by atoms with van der Waals surface area (Å²) in [5, 5.41) is 0. The minimum atomic E-state index is 0.910. The van der Waals surface area contributed by atoms with Crippen LogP contribution in [0.5, 0.6) is 0 Å². The van der Waals surface area contributed by atoms with Crippen LogP contribution >= 0.6 is 0 Å². The standard InChI is InChI=1S/C14H11N3.C2H6/c1-10-12(3-2-6-15-10)11-4-5-13-14(9-11)17-8-7-16-13;1-2/h2-9H,1H3;1-2H3. The van der Waals surface area contributed by atoms with Crippen LogP contribution < -0.4 is 0 Å². The van der Waals surface area contributed by atoms with E-state index in [4.69, 9.17) is 0 Å². The fourth-order valence-corrected chi connectivity index (χ4v) is 1.92. The topological polar surface area (TPSA) is 38.7 Å². The van der Waals surface area contributed by atoms with Crippen molar-refractivity contribution in [2.75, 3.05) is 0 Å². The van der Waals surface area contributed by atoms with Gasteiger partial charge in [0.15, 0.2) is 0 Å². The maximum absolute atomic E-state index is 4.31. The van der Waals surface area contributed by atoms with Gasteiger partial charge in [-0.05, 0) is 30.7 Å². The van der Waals surface area contributed by atoms with Crippen LogP contribution in [0.1, 0.15) is 19.5 Å². The van der Waals surface area contributed by atoms with Crippen LogP contribution in [0.3, 0.4) is 0 Å². The van der Waals surface area contributed by atoms with Gasteiger partial charge in [0.05, 0.1) is 11.0 Å². The van der Waals surface area contributed by atoms with Crippen molar-refractivity contribution in [3.63, 3.8) is 0 Å². The number of rotatable bonds is 1. The van der Waals surface area contributed by atoms with Crippen molar-refractivity contribution in [2.24, 2.45) is 0 Å². The van der Waals surface area contributed by atoms with Crippen LogP contribution in [0.2, 0.25) is 0 Å². The Morgan fingerprint density at radius 3 is 2.26 bits per heavy atom. The largest absolute Gasteiger partial charge is 0.261 e. The van der Waals surface area contributed by atoms with E-state index in [1.165, 1.54) is 0 Å². The molecular formula is C16H17N3. The summed E-state index contributed by atoms with van der Waals surface area (Å²) in [7, 11) is 0. The van der Waals surface area contributed by atoms with Gasteiger partial charge < -0.3 is 0 Å². The van der Waals surface area contributed by atoms with Crippen LogP contribution in [0, 0.1) is 6.92 Å². The molecule has 2 aromatic heterocycles. The Morgan fingerprint density at radius 1 is 0.789 bits per heavy atom. The third-order valence-electron chi connectivity index (χ3n) is 2.79. The second kappa shape index (κ2) is 6.05. The van der Waals surface area contributed by atoms with Gasteiger partial charge in [-0.15, -0.1) is 0 Å². The molecule has 3 nitrogen and oxygen atoms in total. The van der Waals surface area contributed by atoms with E-state index in [0.717, 1.165) is 27.9 Å². The van der Waals surface area contributed by atoms with E-state index in [1.54, 1.807) is 18.6 Å². The van der Waals surface area contributed by atoms with Gasteiger partial charge in [-0.1, -0.05) is 26.0 Å². The van der Waals surface area contributed by atoms with Gasteiger partial charge >= 0.3 is 0 Å². The van der Waals surface area contributed by atoms with E-state index >= 15 is 0 Å². The third kappa shape index (κ3) is 2.76. The lowest BCUT2D eigenvalue weighted by Gasteiger charge is -2.05. The van der Waals surface area contributed by atoms with Crippen molar-refractivity contribution in [2.45, 2.75) is 20.8 Å². The SMILES string of the molecule is CC.Cc1ncccc1-c1ccc2nccnc2c1. The number of hydrogen-bond donors (Lipinski definition) is 0. The highest BCUT2D eigenvalue weighted by molar-refractivity contribution is 5.81. The molecule has 0 aliphatic carbocycles. The molecule has 0 aliphatic heterocycles. The fraction of sp³-hybridized carbons (Fsp3) is 0.188. The molecule has 3 aromatic rings. The molecule has 0 amide bonds. The molecule has 19 heavy (non-hydrogen) atoms. The van der Waals surface area contributed by atoms with E-state index in [-0.39, 0.29) is 0 Å². The zero-order valence-electron chi connectivity index (χ0n) is 11.5. The number of benzene rings is 1. The first kappa shape index (κ1) is 13.1.